The second-order valence-corrected chi connectivity index (χ2v) is 31.9. The largest absolute Gasteiger partial charge is 0.523 e. The van der Waals surface area contributed by atoms with E-state index in [-0.39, 0.29) is 23.0 Å². The quantitative estimate of drug-likeness (QED) is 0.0222. The monoisotopic (exact) mass is 1380 g/mol. The van der Waals surface area contributed by atoms with Crippen LogP contribution in [0.15, 0.2) is 175 Å². The lowest BCUT2D eigenvalue weighted by molar-refractivity contribution is 0.0957. The van der Waals surface area contributed by atoms with Crippen LogP contribution in [0.4, 0.5) is 0 Å². The lowest BCUT2D eigenvalue weighted by Gasteiger charge is -2.34. The van der Waals surface area contributed by atoms with Crippen LogP contribution in [0.25, 0.3) is 55.8 Å². The molecular formula is C90H82N4O2S4. The van der Waals surface area contributed by atoms with Crippen LogP contribution in [0, 0.1) is 41.7 Å². The average Bonchev–Trinajstić information content (AvgIpc) is 1.49. The smallest absolute Gasteiger partial charge is 0.294 e. The van der Waals surface area contributed by atoms with Gasteiger partial charge in [-0.25, -0.2) is 0 Å². The third-order valence-corrected chi connectivity index (χ3v) is 26.7. The summed E-state index contributed by atoms with van der Waals surface area (Å²) >= 11 is 7.28. The topological polar surface area (TPSA) is 90.4 Å². The number of benzene rings is 6. The number of hydrogen-bond donors (Lipinski definition) is 0. The van der Waals surface area contributed by atoms with Gasteiger partial charge < -0.3 is 0 Å². The Labute approximate surface area is 606 Å². The Morgan fingerprint density at radius 3 is 1.29 bits per heavy atom. The first kappa shape index (κ1) is 68.1. The molecule has 0 amide bonds. The summed E-state index contributed by atoms with van der Waals surface area (Å²) in [5, 5.41) is 21.0. The van der Waals surface area contributed by atoms with E-state index >= 15 is 0 Å². The number of ketones is 2. The van der Waals surface area contributed by atoms with Crippen LogP contribution in [-0.2, 0) is 42.9 Å². The van der Waals surface area contributed by atoms with Crippen LogP contribution in [0.3, 0.4) is 0 Å². The molecule has 4 aliphatic carbocycles. The van der Waals surface area contributed by atoms with Gasteiger partial charge in [0, 0.05) is 48.0 Å². The Morgan fingerprint density at radius 2 is 0.870 bits per heavy atom. The summed E-state index contributed by atoms with van der Waals surface area (Å²) in [6, 6.07) is 62.1. The maximum atomic E-state index is 14.9. The van der Waals surface area contributed by atoms with Gasteiger partial charge in [-0.15, -0.1) is 45.3 Å². The summed E-state index contributed by atoms with van der Waals surface area (Å²) in [5.74, 6) is -0.973. The van der Waals surface area contributed by atoms with Crippen molar-refractivity contribution in [2.75, 3.05) is 0 Å². The molecule has 0 saturated carbocycles. The SMILES string of the molecule is [C-]#[N+]C([N+]#[C-])=C1c2ccccc2C(=O)C1Cc1cc2c(s1)-c1sc3c4c(sc3c1C2(c1ccc(CCCCCC)cc1)c1ccc(CCCCCC)cc1)-c1sc(/C=C2\C(=O)c3ccccc3C2=C(C#N)C#N)cc1C4(c1ccc(CCCCCC)cc1)c1ccc(CCCCCC)cc1. The van der Waals surface area contributed by atoms with Crippen LogP contribution in [0.1, 0.15) is 239 Å². The molecule has 0 aliphatic heterocycles. The van der Waals surface area contributed by atoms with Gasteiger partial charge in [0.15, 0.2) is 11.6 Å². The summed E-state index contributed by atoms with van der Waals surface area (Å²) in [6.45, 7) is 25.5. The predicted octanol–water partition coefficient (Wildman–Crippen LogP) is 24.9. The standard InChI is InChI=1S/C90H82N4O2S4/c1-7-11-15-19-27-57-35-43-62(44-36-57)89(63-45-37-58(38-46-63)28-20-16-12-8-2)74-53-66(51-72-76(61(55-91)56-92)68-31-23-25-33-70(68)80(72)95)97-82(74)84-78(89)86-87(99-84)79-85(100-86)83-75(54-67(98-83)52-73-77(88(93-5)94-6)69-32-24-26-34-71(69)81(73)96)90(79,64-47-39-59(40-48-64)29-21-17-13-9-3)65-49-41-60(42-50-65)30-22-18-14-10-4/h23-26,31-51,53-54,73H,7-22,27-30,52H2,1-4H3/b72-51-. The van der Waals surface area contributed by atoms with Crippen molar-refractivity contribution in [2.45, 2.75) is 173 Å². The number of unbranched alkanes of at least 4 members (excludes halogenated alkanes) is 12. The predicted molar refractivity (Wildman–Crippen MR) is 416 cm³/mol. The number of carbonyl (C=O) groups excluding carboxylic acids is 2. The maximum Gasteiger partial charge on any atom is 0.523 e. The molecular weight excluding hydrogens is 1300 g/mol. The van der Waals surface area contributed by atoms with Crippen LogP contribution < -0.4 is 0 Å². The highest BCUT2D eigenvalue weighted by atomic mass is 32.1. The zero-order valence-corrected chi connectivity index (χ0v) is 61.0. The van der Waals surface area contributed by atoms with Crippen molar-refractivity contribution in [3.63, 3.8) is 0 Å². The maximum absolute atomic E-state index is 14.9. The normalized spacial score (nSPS) is 15.3. The average molecular weight is 1380 g/mol. The molecule has 6 aromatic carbocycles. The van der Waals surface area contributed by atoms with Crippen LogP contribution in [0.2, 0.25) is 0 Å². The van der Waals surface area contributed by atoms with E-state index in [2.05, 4.69) is 159 Å². The van der Waals surface area contributed by atoms with Crippen molar-refractivity contribution in [3.05, 3.63) is 296 Å². The van der Waals surface area contributed by atoms with Crippen molar-refractivity contribution in [1.29, 1.82) is 10.5 Å². The van der Waals surface area contributed by atoms with Crippen LogP contribution in [-0.4, -0.2) is 11.6 Å². The van der Waals surface area contributed by atoms with E-state index in [1.54, 1.807) is 28.7 Å². The Morgan fingerprint density at radius 1 is 0.470 bits per heavy atom. The van der Waals surface area contributed by atoms with Crippen molar-refractivity contribution >= 4 is 83.5 Å². The Kier molecular flexibility index (Phi) is 20.2. The molecule has 0 spiro atoms. The molecule has 0 saturated heterocycles. The molecule has 1 unspecified atom stereocenters. The lowest BCUT2D eigenvalue weighted by Crippen LogP contribution is -2.29. The first-order valence-electron chi connectivity index (χ1n) is 36.4. The Balaban J connectivity index is 1.04. The van der Waals surface area contributed by atoms with E-state index in [0.29, 0.717) is 45.4 Å². The summed E-state index contributed by atoms with van der Waals surface area (Å²) in [6.07, 6.45) is 25.2. The fourth-order valence-corrected chi connectivity index (χ4v) is 22.4. The number of allylic oxidation sites excluding steroid dienone is 4. The molecule has 0 radical (unpaired) electrons. The van der Waals surface area contributed by atoms with Crippen molar-refractivity contribution < 1.29 is 9.59 Å². The van der Waals surface area contributed by atoms with Crippen molar-refractivity contribution in [3.8, 4) is 31.6 Å². The molecule has 4 aromatic heterocycles. The van der Waals surface area contributed by atoms with Gasteiger partial charge in [-0.3, -0.25) is 9.59 Å². The molecule has 6 nitrogen and oxygen atoms in total. The number of Topliss-reactive ketones (excluding diaryl/α,β-unsaturated/α-hetero) is 2. The van der Waals surface area contributed by atoms with Gasteiger partial charge in [0.2, 0.25) is 0 Å². The van der Waals surface area contributed by atoms with Crippen LogP contribution >= 0.6 is 45.3 Å². The highest BCUT2D eigenvalue weighted by Crippen LogP contribution is 2.70. The fourth-order valence-electron chi connectivity index (χ4n) is 16.6. The lowest BCUT2D eigenvalue weighted by atomic mass is 9.67. The van der Waals surface area contributed by atoms with Gasteiger partial charge in [0.05, 0.1) is 46.4 Å². The number of thiophene rings is 4. The zero-order valence-electron chi connectivity index (χ0n) is 57.8. The highest BCUT2D eigenvalue weighted by molar-refractivity contribution is 7.34. The summed E-state index contributed by atoms with van der Waals surface area (Å²) < 4.78 is 2.49. The molecule has 100 heavy (non-hydrogen) atoms. The Bertz CT molecular complexity index is 4920. The molecule has 498 valence electrons. The van der Waals surface area contributed by atoms with E-state index < -0.39 is 16.7 Å². The van der Waals surface area contributed by atoms with E-state index in [0.717, 1.165) is 71.6 Å². The minimum Gasteiger partial charge on any atom is -0.294 e. The molecule has 4 aliphatic rings. The summed E-state index contributed by atoms with van der Waals surface area (Å²) in [5.41, 5.74) is 16.8. The number of rotatable bonds is 27. The molecule has 10 heteroatoms. The van der Waals surface area contributed by atoms with Gasteiger partial charge in [-0.05, 0) is 143 Å². The van der Waals surface area contributed by atoms with Gasteiger partial charge in [0.1, 0.15) is 30.9 Å². The van der Waals surface area contributed by atoms with Crippen molar-refractivity contribution in [1.82, 2.24) is 0 Å². The van der Waals surface area contributed by atoms with Crippen molar-refractivity contribution in [2.24, 2.45) is 5.92 Å². The molecule has 10 aromatic rings. The molecule has 0 bridgehead atoms. The molecule has 0 fully saturated rings. The molecule has 1 atom stereocenters. The number of fused-ring (bicyclic) bond motifs is 11. The first-order chi connectivity index (χ1) is 49.1. The second-order valence-electron chi connectivity index (χ2n) is 27.7. The third-order valence-electron chi connectivity index (χ3n) is 21.6. The van der Waals surface area contributed by atoms with E-state index in [9.17, 15) is 20.1 Å². The molecule has 0 N–H and O–H groups in total. The summed E-state index contributed by atoms with van der Waals surface area (Å²) in [7, 11) is 0. The number of nitriles is 2. The van der Waals surface area contributed by atoms with Gasteiger partial charge in [-0.1, -0.05) is 250 Å². The van der Waals surface area contributed by atoms with Crippen LogP contribution in [0.5, 0.6) is 0 Å². The minimum absolute atomic E-state index is 0.0451. The third kappa shape index (κ3) is 11.8. The van der Waals surface area contributed by atoms with Gasteiger partial charge >= 0.3 is 5.82 Å². The number of carbonyl (C=O) groups is 2. The number of aryl methyl sites for hydroxylation is 4. The molecule has 14 rings (SSSR count). The van der Waals surface area contributed by atoms with Gasteiger partial charge in [-0.2, -0.15) is 20.2 Å². The highest BCUT2D eigenvalue weighted by Gasteiger charge is 2.56. The fraction of sp³-hybridized carbons (Fsp3) is 0.311. The Hall–Kier alpha value is -9.10. The molecule has 4 heterocycles. The van der Waals surface area contributed by atoms with E-state index in [1.165, 1.54) is 162 Å². The van der Waals surface area contributed by atoms with E-state index in [4.69, 9.17) is 13.1 Å². The minimum atomic E-state index is -0.836. The number of nitrogens with zero attached hydrogens (tertiary/aromatic N) is 4. The number of hydrogen-bond acceptors (Lipinski definition) is 8. The van der Waals surface area contributed by atoms with Gasteiger partial charge in [0.25, 0.3) is 0 Å². The second kappa shape index (κ2) is 29.6. The first-order valence-corrected chi connectivity index (χ1v) is 39.7. The summed E-state index contributed by atoms with van der Waals surface area (Å²) in [4.78, 5) is 43.9. The van der Waals surface area contributed by atoms with E-state index in [1.807, 2.05) is 71.2 Å². The zero-order chi connectivity index (χ0) is 69.1.